The van der Waals surface area contributed by atoms with E-state index >= 15 is 0 Å². The Hall–Kier alpha value is -0.890. The molecule has 152 valence electrons. The summed E-state index contributed by atoms with van der Waals surface area (Å²) in [5.41, 5.74) is 0. The van der Waals surface area contributed by atoms with E-state index in [1.54, 1.807) is 0 Å². The Bertz CT molecular complexity index is 473. The first-order valence-corrected chi connectivity index (χ1v) is 8.28. The molecule has 0 saturated carbocycles. The Labute approximate surface area is 149 Å². The molecule has 0 aromatic heterocycles. The lowest BCUT2D eigenvalue weighted by Crippen LogP contribution is -2.64. The third-order valence-electron chi connectivity index (χ3n) is 4.51. The molecular weight excluding hydrogens is 356 g/mol. The minimum atomic E-state index is -1.69. The molecule has 2 fully saturated rings. The molecule has 2 aliphatic heterocycles. The predicted molar refractivity (Wildman–Crippen MR) is 81.6 cm³/mol. The van der Waals surface area contributed by atoms with E-state index in [0.717, 1.165) is 6.92 Å². The van der Waals surface area contributed by atoms with E-state index in [9.17, 15) is 35.4 Å². The largest absolute Gasteiger partial charge is 0.463 e. The summed E-state index contributed by atoms with van der Waals surface area (Å²) in [7, 11) is 0. The van der Waals surface area contributed by atoms with E-state index in [4.69, 9.17) is 18.9 Å². The van der Waals surface area contributed by atoms with Gasteiger partial charge in [0.05, 0.1) is 12.7 Å². The topological polar surface area (TPSA) is 175 Å². The molecule has 2 heterocycles. The molecule has 6 N–H and O–H groups in total. The molecule has 5 unspecified atom stereocenters. The van der Waals surface area contributed by atoms with Crippen LogP contribution in [0.2, 0.25) is 0 Å². The quantitative estimate of drug-likeness (QED) is 0.258. The van der Waals surface area contributed by atoms with E-state index in [1.165, 1.54) is 6.92 Å². The van der Waals surface area contributed by atoms with Crippen molar-refractivity contribution in [2.75, 3.05) is 13.2 Å². The van der Waals surface area contributed by atoms with Gasteiger partial charge in [0, 0.05) is 6.92 Å². The van der Waals surface area contributed by atoms with Gasteiger partial charge in [-0.15, -0.1) is 0 Å². The molecular formula is C15H26O11. The minimum absolute atomic E-state index is 0.396. The zero-order valence-electron chi connectivity index (χ0n) is 14.4. The summed E-state index contributed by atoms with van der Waals surface area (Å²) in [5.74, 6) is -0.632. The van der Waals surface area contributed by atoms with Gasteiger partial charge in [-0.3, -0.25) is 4.79 Å². The maximum Gasteiger partial charge on any atom is 0.302 e. The second-order valence-electron chi connectivity index (χ2n) is 6.46. The van der Waals surface area contributed by atoms with Crippen molar-refractivity contribution in [2.24, 2.45) is 0 Å². The number of esters is 1. The van der Waals surface area contributed by atoms with Crippen molar-refractivity contribution < 1.29 is 54.4 Å². The van der Waals surface area contributed by atoms with Crippen LogP contribution in [-0.2, 0) is 23.7 Å². The lowest BCUT2D eigenvalue weighted by molar-refractivity contribution is -0.341. The third-order valence-corrected chi connectivity index (χ3v) is 4.51. The van der Waals surface area contributed by atoms with E-state index in [-0.39, 0.29) is 0 Å². The number of aliphatic hydroxyl groups excluding tert-OH is 6. The van der Waals surface area contributed by atoms with Crippen LogP contribution in [0.3, 0.4) is 0 Å². The summed E-state index contributed by atoms with van der Waals surface area (Å²) in [6.07, 6.45) is -13.5. The highest BCUT2D eigenvalue weighted by Gasteiger charge is 2.49. The van der Waals surface area contributed by atoms with Crippen LogP contribution in [0, 0.1) is 0 Å². The Kier molecular flexibility index (Phi) is 7.30. The maximum atomic E-state index is 10.9. The molecule has 0 aromatic carbocycles. The normalized spacial score (nSPS) is 46.8. The summed E-state index contributed by atoms with van der Waals surface area (Å²) in [4.78, 5) is 10.9. The van der Waals surface area contributed by atoms with Gasteiger partial charge in [0.15, 0.2) is 6.29 Å². The fourth-order valence-electron chi connectivity index (χ4n) is 2.96. The first-order chi connectivity index (χ1) is 12.2. The van der Waals surface area contributed by atoms with Gasteiger partial charge in [-0.2, -0.15) is 0 Å². The first kappa shape index (κ1) is 21.4. The summed E-state index contributed by atoms with van der Waals surface area (Å²) < 4.78 is 20.9. The van der Waals surface area contributed by atoms with Crippen molar-refractivity contribution >= 4 is 5.97 Å². The van der Waals surface area contributed by atoms with Gasteiger partial charge >= 0.3 is 5.97 Å². The van der Waals surface area contributed by atoms with Gasteiger partial charge in [0.2, 0.25) is 0 Å². The zero-order valence-corrected chi connectivity index (χ0v) is 14.4. The van der Waals surface area contributed by atoms with Crippen molar-refractivity contribution in [1.29, 1.82) is 0 Å². The smallest absolute Gasteiger partial charge is 0.302 e. The Morgan fingerprint density at radius 3 is 2.15 bits per heavy atom. The van der Waals surface area contributed by atoms with Gasteiger partial charge in [0.1, 0.15) is 55.4 Å². The fourth-order valence-corrected chi connectivity index (χ4v) is 2.96. The van der Waals surface area contributed by atoms with Gasteiger partial charge in [-0.05, 0) is 6.92 Å². The van der Waals surface area contributed by atoms with Gasteiger partial charge in [-0.25, -0.2) is 0 Å². The minimum Gasteiger partial charge on any atom is -0.463 e. The summed E-state index contributed by atoms with van der Waals surface area (Å²) >= 11 is 0. The highest BCUT2D eigenvalue weighted by atomic mass is 16.7. The second-order valence-corrected chi connectivity index (χ2v) is 6.46. The van der Waals surface area contributed by atoms with Crippen molar-refractivity contribution in [2.45, 2.75) is 75.1 Å². The van der Waals surface area contributed by atoms with Crippen LogP contribution in [0.1, 0.15) is 13.8 Å². The van der Waals surface area contributed by atoms with Crippen molar-refractivity contribution in [1.82, 2.24) is 0 Å². The Morgan fingerprint density at radius 1 is 0.923 bits per heavy atom. The van der Waals surface area contributed by atoms with Crippen LogP contribution in [0.15, 0.2) is 0 Å². The van der Waals surface area contributed by atoms with Crippen molar-refractivity contribution in [3.05, 3.63) is 0 Å². The van der Waals surface area contributed by atoms with Crippen LogP contribution in [0.25, 0.3) is 0 Å². The van der Waals surface area contributed by atoms with Crippen molar-refractivity contribution in [3.8, 4) is 0 Å². The average molecular weight is 382 g/mol. The summed E-state index contributed by atoms with van der Waals surface area (Å²) in [5, 5.41) is 59.5. The van der Waals surface area contributed by atoms with Crippen LogP contribution < -0.4 is 0 Å². The molecule has 11 nitrogen and oxygen atoms in total. The number of rotatable bonds is 5. The summed E-state index contributed by atoms with van der Waals surface area (Å²) in [6.45, 7) is 1.73. The Balaban J connectivity index is 2.10. The number of ether oxygens (including phenoxy) is 4. The molecule has 0 bridgehead atoms. The fraction of sp³-hybridized carbons (Fsp3) is 0.933. The lowest BCUT2D eigenvalue weighted by atomic mass is 9.95. The van der Waals surface area contributed by atoms with E-state index in [2.05, 4.69) is 0 Å². The highest BCUT2D eigenvalue weighted by Crippen LogP contribution is 2.29. The van der Waals surface area contributed by atoms with Gasteiger partial charge < -0.3 is 49.6 Å². The van der Waals surface area contributed by atoms with Gasteiger partial charge in [0.25, 0.3) is 0 Å². The molecule has 0 aliphatic carbocycles. The van der Waals surface area contributed by atoms with Gasteiger partial charge in [-0.1, -0.05) is 0 Å². The predicted octanol–water partition coefficient (Wildman–Crippen LogP) is -3.76. The van der Waals surface area contributed by atoms with Crippen molar-refractivity contribution in [3.63, 3.8) is 0 Å². The Morgan fingerprint density at radius 2 is 1.58 bits per heavy atom. The molecule has 2 saturated heterocycles. The van der Waals surface area contributed by atoms with Crippen LogP contribution >= 0.6 is 0 Å². The van der Waals surface area contributed by atoms with Crippen LogP contribution in [-0.4, -0.2) is 111 Å². The van der Waals surface area contributed by atoms with Crippen LogP contribution in [0.4, 0.5) is 0 Å². The monoisotopic (exact) mass is 382 g/mol. The lowest BCUT2D eigenvalue weighted by Gasteiger charge is -2.45. The highest BCUT2D eigenvalue weighted by molar-refractivity contribution is 5.65. The zero-order chi connectivity index (χ0) is 19.6. The van der Waals surface area contributed by atoms with E-state index in [0.29, 0.717) is 0 Å². The average Bonchev–Trinajstić information content (AvgIpc) is 2.60. The van der Waals surface area contributed by atoms with Crippen LogP contribution in [0.5, 0.6) is 0 Å². The number of aliphatic hydroxyl groups is 6. The molecule has 0 spiro atoms. The molecule has 26 heavy (non-hydrogen) atoms. The van der Waals surface area contributed by atoms with E-state index < -0.39 is 80.4 Å². The number of hydrogen-bond acceptors (Lipinski definition) is 11. The molecule has 0 aromatic rings. The second kappa shape index (κ2) is 8.87. The maximum absolute atomic E-state index is 10.9. The number of carbonyl (C=O) groups excluding carboxylic acids is 1. The SMILES string of the molecule is CC(=O)OCC1O[C@@H](O[C@@H]2C(CO)OC(C)[C@@H](O)C2O)[C@@H](O)C(O)[C@H]1O. The standard InChI is InChI=1S/C15H26O11/c1-5-9(18)12(21)14(7(3-16)24-5)26-15-13(22)11(20)10(19)8(25-15)4-23-6(2)17/h5,7-16,18-22H,3-4H2,1-2H3/t5?,7?,8?,9-,10+,11?,12?,13+,14-,15+/m1/s1. The molecule has 0 amide bonds. The van der Waals surface area contributed by atoms with E-state index in [1.807, 2.05) is 0 Å². The first-order valence-electron chi connectivity index (χ1n) is 8.28. The number of hydrogen-bond donors (Lipinski definition) is 6. The molecule has 2 rings (SSSR count). The molecule has 10 atom stereocenters. The molecule has 11 heteroatoms. The summed E-state index contributed by atoms with van der Waals surface area (Å²) in [6, 6.07) is 0. The molecule has 0 radical (unpaired) electrons. The third kappa shape index (κ3) is 4.50. The molecule has 2 aliphatic rings. The number of carbonyl (C=O) groups is 1.